The van der Waals surface area contributed by atoms with E-state index in [4.69, 9.17) is 5.26 Å². The van der Waals surface area contributed by atoms with Gasteiger partial charge in [0, 0.05) is 11.6 Å². The first-order valence-electron chi connectivity index (χ1n) is 4.95. The fourth-order valence-corrected chi connectivity index (χ4v) is 2.19. The van der Waals surface area contributed by atoms with Gasteiger partial charge in [-0.15, -0.1) is 21.5 Å². The molecular formula is C11H7N5S. The summed E-state index contributed by atoms with van der Waals surface area (Å²) < 4.78 is 1.78. The van der Waals surface area contributed by atoms with Crippen molar-refractivity contribution in [2.45, 2.75) is 6.92 Å². The van der Waals surface area contributed by atoms with Crippen LogP contribution < -0.4 is 0 Å². The summed E-state index contributed by atoms with van der Waals surface area (Å²) in [6.07, 6.45) is 1.72. The molecule has 0 saturated carbocycles. The first kappa shape index (κ1) is 9.93. The van der Waals surface area contributed by atoms with Crippen LogP contribution in [0.4, 0.5) is 0 Å². The summed E-state index contributed by atoms with van der Waals surface area (Å²) in [6.45, 7) is 1.94. The lowest BCUT2D eigenvalue weighted by atomic mass is 10.3. The average Bonchev–Trinajstić information content (AvgIpc) is 2.93. The van der Waals surface area contributed by atoms with Crippen LogP contribution in [-0.4, -0.2) is 19.6 Å². The molecule has 0 unspecified atom stereocenters. The number of hydrogen-bond donors (Lipinski definition) is 0. The standard InChI is InChI=1S/C11H7N5S/c1-7-13-9(6-17-7)11-15-14-10-3-2-8(4-12)5-16(10)11/h2-3,5-6H,1H3. The number of pyridine rings is 1. The lowest BCUT2D eigenvalue weighted by molar-refractivity contribution is 1.09. The van der Waals surface area contributed by atoms with E-state index in [0.717, 1.165) is 10.7 Å². The summed E-state index contributed by atoms with van der Waals surface area (Å²) in [7, 11) is 0. The van der Waals surface area contributed by atoms with E-state index >= 15 is 0 Å². The van der Waals surface area contributed by atoms with Gasteiger partial charge in [-0.05, 0) is 19.1 Å². The molecule has 0 spiro atoms. The predicted octanol–water partition coefficient (Wildman–Crippen LogP) is 2.03. The zero-order chi connectivity index (χ0) is 11.8. The number of thiazole rings is 1. The highest BCUT2D eigenvalue weighted by Gasteiger charge is 2.10. The minimum atomic E-state index is 0.575. The predicted molar refractivity (Wildman–Crippen MR) is 63.5 cm³/mol. The third kappa shape index (κ3) is 1.57. The number of hydrogen-bond acceptors (Lipinski definition) is 5. The van der Waals surface area contributed by atoms with Gasteiger partial charge >= 0.3 is 0 Å². The Labute approximate surface area is 101 Å². The molecule has 3 heterocycles. The van der Waals surface area contributed by atoms with Gasteiger partial charge < -0.3 is 0 Å². The first-order chi connectivity index (χ1) is 8.28. The van der Waals surface area contributed by atoms with Crippen molar-refractivity contribution in [1.29, 1.82) is 5.26 Å². The molecule has 0 fully saturated rings. The zero-order valence-electron chi connectivity index (χ0n) is 8.95. The lowest BCUT2D eigenvalue weighted by Gasteiger charge is -1.96. The van der Waals surface area contributed by atoms with Crippen molar-refractivity contribution in [2.24, 2.45) is 0 Å². The van der Waals surface area contributed by atoms with E-state index in [1.807, 2.05) is 12.3 Å². The van der Waals surface area contributed by atoms with Gasteiger partial charge in [-0.1, -0.05) is 0 Å². The molecule has 5 nitrogen and oxygen atoms in total. The van der Waals surface area contributed by atoms with Gasteiger partial charge in [-0.3, -0.25) is 4.40 Å². The fraction of sp³-hybridized carbons (Fsp3) is 0.0909. The van der Waals surface area contributed by atoms with E-state index < -0.39 is 0 Å². The van der Waals surface area contributed by atoms with Crippen molar-refractivity contribution in [3.8, 4) is 17.6 Å². The smallest absolute Gasteiger partial charge is 0.187 e. The third-order valence-electron chi connectivity index (χ3n) is 2.38. The molecule has 0 N–H and O–H groups in total. The molecule has 3 rings (SSSR count). The highest BCUT2D eigenvalue weighted by Crippen LogP contribution is 2.20. The molecule has 0 aromatic carbocycles. The Kier molecular flexibility index (Phi) is 2.13. The largest absolute Gasteiger partial charge is 0.280 e. The maximum Gasteiger partial charge on any atom is 0.187 e. The Bertz CT molecular complexity index is 734. The van der Waals surface area contributed by atoms with Gasteiger partial charge in [0.1, 0.15) is 11.8 Å². The van der Waals surface area contributed by atoms with Crippen molar-refractivity contribution in [3.63, 3.8) is 0 Å². The van der Waals surface area contributed by atoms with Gasteiger partial charge in [-0.25, -0.2) is 4.98 Å². The fourth-order valence-electron chi connectivity index (χ4n) is 1.60. The summed E-state index contributed by atoms with van der Waals surface area (Å²) in [5.41, 5.74) is 2.07. The number of aromatic nitrogens is 4. The van der Waals surface area contributed by atoms with Crippen molar-refractivity contribution in [1.82, 2.24) is 19.6 Å². The van der Waals surface area contributed by atoms with Crippen LogP contribution in [0.5, 0.6) is 0 Å². The van der Waals surface area contributed by atoms with Gasteiger partial charge in [0.2, 0.25) is 0 Å². The topological polar surface area (TPSA) is 66.9 Å². The van der Waals surface area contributed by atoms with Crippen LogP contribution in [0.1, 0.15) is 10.6 Å². The van der Waals surface area contributed by atoms with Crippen LogP contribution in [0.15, 0.2) is 23.7 Å². The number of aryl methyl sites for hydroxylation is 1. The molecule has 0 bridgehead atoms. The Morgan fingerprint density at radius 3 is 2.94 bits per heavy atom. The number of nitrogens with zero attached hydrogens (tertiary/aromatic N) is 5. The highest BCUT2D eigenvalue weighted by atomic mass is 32.1. The second-order valence-electron chi connectivity index (χ2n) is 3.53. The number of fused-ring (bicyclic) bond motifs is 1. The van der Waals surface area contributed by atoms with Crippen LogP contribution in [0.25, 0.3) is 17.2 Å². The normalized spacial score (nSPS) is 10.6. The van der Waals surface area contributed by atoms with E-state index in [2.05, 4.69) is 21.3 Å². The van der Waals surface area contributed by atoms with Crippen molar-refractivity contribution in [2.75, 3.05) is 0 Å². The molecule has 0 atom stereocenters. The summed E-state index contributed by atoms with van der Waals surface area (Å²) in [5.74, 6) is 0.668. The maximum atomic E-state index is 8.88. The second-order valence-corrected chi connectivity index (χ2v) is 4.60. The van der Waals surface area contributed by atoms with E-state index in [1.54, 1.807) is 34.1 Å². The third-order valence-corrected chi connectivity index (χ3v) is 3.15. The van der Waals surface area contributed by atoms with Crippen LogP contribution >= 0.6 is 11.3 Å². The molecule has 0 aliphatic carbocycles. The molecule has 3 aromatic heterocycles. The maximum absolute atomic E-state index is 8.88. The molecule has 0 aliphatic heterocycles. The van der Waals surface area contributed by atoms with E-state index in [1.165, 1.54) is 0 Å². The van der Waals surface area contributed by atoms with E-state index in [0.29, 0.717) is 17.0 Å². The molecule has 0 saturated heterocycles. The molecule has 17 heavy (non-hydrogen) atoms. The zero-order valence-corrected chi connectivity index (χ0v) is 9.77. The van der Waals surface area contributed by atoms with E-state index in [-0.39, 0.29) is 0 Å². The minimum absolute atomic E-state index is 0.575. The average molecular weight is 241 g/mol. The second kappa shape index (κ2) is 3.64. The van der Waals surface area contributed by atoms with Crippen LogP contribution in [0, 0.1) is 18.3 Å². The summed E-state index contributed by atoms with van der Waals surface area (Å²) >= 11 is 1.56. The van der Waals surface area contributed by atoms with Gasteiger partial charge in [0.15, 0.2) is 11.5 Å². The molecule has 0 aliphatic rings. The molecule has 0 amide bonds. The summed E-state index contributed by atoms with van der Waals surface area (Å²) in [5, 5.41) is 19.9. The van der Waals surface area contributed by atoms with Gasteiger partial charge in [0.25, 0.3) is 0 Å². The van der Waals surface area contributed by atoms with Crippen LogP contribution in [-0.2, 0) is 0 Å². The van der Waals surface area contributed by atoms with Crippen molar-refractivity contribution in [3.05, 3.63) is 34.3 Å². The Morgan fingerprint density at radius 1 is 1.35 bits per heavy atom. The highest BCUT2D eigenvalue weighted by molar-refractivity contribution is 7.09. The minimum Gasteiger partial charge on any atom is -0.280 e. The molecule has 0 radical (unpaired) electrons. The molecule has 3 aromatic rings. The molecule has 6 heteroatoms. The van der Waals surface area contributed by atoms with Crippen LogP contribution in [0.2, 0.25) is 0 Å². The quantitative estimate of drug-likeness (QED) is 0.653. The van der Waals surface area contributed by atoms with Gasteiger partial charge in [0.05, 0.1) is 10.6 Å². The van der Waals surface area contributed by atoms with Crippen molar-refractivity contribution < 1.29 is 0 Å². The first-order valence-corrected chi connectivity index (χ1v) is 5.83. The number of nitriles is 1. The Balaban J connectivity index is 2.27. The van der Waals surface area contributed by atoms with Gasteiger partial charge in [-0.2, -0.15) is 5.26 Å². The lowest BCUT2D eigenvalue weighted by Crippen LogP contribution is -1.91. The Morgan fingerprint density at radius 2 is 2.24 bits per heavy atom. The number of rotatable bonds is 1. The van der Waals surface area contributed by atoms with Crippen molar-refractivity contribution >= 4 is 17.0 Å². The Hall–Kier alpha value is -2.26. The SMILES string of the molecule is Cc1nc(-c2nnc3ccc(C#N)cn23)cs1. The van der Waals surface area contributed by atoms with Crippen LogP contribution in [0.3, 0.4) is 0 Å². The van der Waals surface area contributed by atoms with E-state index in [9.17, 15) is 0 Å². The monoisotopic (exact) mass is 241 g/mol. The molecular weight excluding hydrogens is 234 g/mol. The summed E-state index contributed by atoms with van der Waals surface area (Å²) in [6, 6.07) is 5.59. The summed E-state index contributed by atoms with van der Waals surface area (Å²) in [4.78, 5) is 4.37. The molecule has 82 valence electrons.